The first-order valence-electron chi connectivity index (χ1n) is 5.77. The summed E-state index contributed by atoms with van der Waals surface area (Å²) in [6, 6.07) is 8.17. The fraction of sp³-hybridized carbons (Fsp3) is 0.538. The first-order chi connectivity index (χ1) is 7.31. The first-order valence-corrected chi connectivity index (χ1v) is 6.14. The highest BCUT2D eigenvalue weighted by Gasteiger charge is 2.25. The quantitative estimate of drug-likeness (QED) is 0.833. The molecule has 15 heavy (non-hydrogen) atoms. The van der Waals surface area contributed by atoms with Gasteiger partial charge in [0.25, 0.3) is 0 Å². The summed E-state index contributed by atoms with van der Waals surface area (Å²) >= 11 is 6.01. The molecule has 1 aliphatic rings. The highest BCUT2D eigenvalue weighted by atomic mass is 35.5. The Morgan fingerprint density at radius 1 is 1.33 bits per heavy atom. The second-order valence-electron chi connectivity index (χ2n) is 4.44. The minimum Gasteiger partial charge on any atom is -0.330 e. The maximum Gasteiger partial charge on any atom is 0.0408 e. The summed E-state index contributed by atoms with van der Waals surface area (Å²) in [4.78, 5) is 0. The van der Waals surface area contributed by atoms with Crippen molar-refractivity contribution >= 4 is 11.6 Å². The highest BCUT2D eigenvalue weighted by molar-refractivity contribution is 6.30. The largest absolute Gasteiger partial charge is 0.330 e. The molecule has 0 aliphatic heterocycles. The zero-order chi connectivity index (χ0) is 10.7. The number of hydrogen-bond acceptors (Lipinski definition) is 1. The van der Waals surface area contributed by atoms with Gasteiger partial charge in [-0.2, -0.15) is 0 Å². The molecule has 0 bridgehead atoms. The van der Waals surface area contributed by atoms with Gasteiger partial charge in [0, 0.05) is 5.02 Å². The van der Waals surface area contributed by atoms with Crippen LogP contribution in [0.4, 0.5) is 0 Å². The number of benzene rings is 1. The van der Waals surface area contributed by atoms with E-state index in [2.05, 4.69) is 12.1 Å². The third-order valence-electron chi connectivity index (χ3n) is 3.50. The number of hydrogen-bond donors (Lipinski definition) is 1. The van der Waals surface area contributed by atoms with Crippen molar-refractivity contribution in [2.75, 3.05) is 6.54 Å². The van der Waals surface area contributed by atoms with Gasteiger partial charge < -0.3 is 5.73 Å². The summed E-state index contributed by atoms with van der Waals surface area (Å²) in [6.45, 7) is 0.741. The fourth-order valence-corrected chi connectivity index (χ4v) is 2.90. The molecule has 1 aromatic carbocycles. The molecule has 1 unspecified atom stereocenters. The Hall–Kier alpha value is -0.530. The fourth-order valence-electron chi connectivity index (χ4n) is 2.70. The van der Waals surface area contributed by atoms with E-state index >= 15 is 0 Å². The van der Waals surface area contributed by atoms with Gasteiger partial charge >= 0.3 is 0 Å². The molecule has 0 saturated heterocycles. The molecule has 2 heteroatoms. The smallest absolute Gasteiger partial charge is 0.0408 e. The summed E-state index contributed by atoms with van der Waals surface area (Å²) in [5, 5.41) is 0.823. The topological polar surface area (TPSA) is 26.0 Å². The van der Waals surface area contributed by atoms with Crippen LogP contribution >= 0.6 is 11.6 Å². The van der Waals surface area contributed by atoms with E-state index in [-0.39, 0.29) is 0 Å². The molecular formula is C13H18ClN. The van der Waals surface area contributed by atoms with Crippen LogP contribution in [-0.2, 0) is 0 Å². The van der Waals surface area contributed by atoms with Crippen LogP contribution in [0.25, 0.3) is 0 Å². The summed E-state index contributed by atoms with van der Waals surface area (Å²) < 4.78 is 0. The van der Waals surface area contributed by atoms with Gasteiger partial charge in [-0.1, -0.05) is 36.6 Å². The van der Waals surface area contributed by atoms with E-state index in [1.807, 2.05) is 12.1 Å². The second-order valence-corrected chi connectivity index (χ2v) is 4.88. The Bertz CT molecular complexity index is 318. The Balaban J connectivity index is 2.18. The number of nitrogens with two attached hydrogens (primary N) is 1. The van der Waals surface area contributed by atoms with Gasteiger partial charge in [0.2, 0.25) is 0 Å². The summed E-state index contributed by atoms with van der Waals surface area (Å²) in [6.07, 6.45) is 5.38. The van der Waals surface area contributed by atoms with Crippen molar-refractivity contribution in [2.24, 2.45) is 11.7 Å². The van der Waals surface area contributed by atoms with Crippen LogP contribution in [0.15, 0.2) is 24.3 Å². The van der Waals surface area contributed by atoms with Crippen LogP contribution in [0.1, 0.15) is 37.2 Å². The number of rotatable bonds is 3. The van der Waals surface area contributed by atoms with Gasteiger partial charge in [-0.3, -0.25) is 0 Å². The Morgan fingerprint density at radius 3 is 2.67 bits per heavy atom. The summed E-state index contributed by atoms with van der Waals surface area (Å²) in [5.74, 6) is 1.28. The molecule has 1 fully saturated rings. The van der Waals surface area contributed by atoms with Crippen LogP contribution in [0, 0.1) is 5.92 Å². The lowest BCUT2D eigenvalue weighted by molar-refractivity contribution is 0.440. The zero-order valence-corrected chi connectivity index (χ0v) is 9.71. The minimum atomic E-state index is 0.506. The molecular weight excluding hydrogens is 206 g/mol. The van der Waals surface area contributed by atoms with Crippen LogP contribution in [0.2, 0.25) is 5.02 Å². The predicted octanol–water partition coefficient (Wildman–Crippen LogP) is 3.57. The third-order valence-corrected chi connectivity index (χ3v) is 3.73. The van der Waals surface area contributed by atoms with Gasteiger partial charge in [0.15, 0.2) is 0 Å². The molecule has 2 N–H and O–H groups in total. The van der Waals surface area contributed by atoms with E-state index in [0.29, 0.717) is 5.92 Å². The molecule has 1 aliphatic carbocycles. The van der Waals surface area contributed by atoms with Crippen molar-refractivity contribution in [3.8, 4) is 0 Å². The Kier molecular flexibility index (Phi) is 3.66. The molecule has 1 saturated carbocycles. The summed E-state index contributed by atoms with van der Waals surface area (Å²) in [7, 11) is 0. The maximum absolute atomic E-state index is 6.01. The summed E-state index contributed by atoms with van der Waals surface area (Å²) in [5.41, 5.74) is 7.21. The molecule has 82 valence electrons. The standard InChI is InChI=1S/C13H18ClN/c14-12-7-3-6-11(8-12)13(9-15)10-4-1-2-5-10/h3,6-8,10,13H,1-2,4-5,9,15H2. The monoisotopic (exact) mass is 223 g/mol. The van der Waals surface area contributed by atoms with Crippen LogP contribution in [0.5, 0.6) is 0 Å². The van der Waals surface area contributed by atoms with Gasteiger partial charge in [0.1, 0.15) is 0 Å². The highest BCUT2D eigenvalue weighted by Crippen LogP contribution is 2.37. The first kappa shape index (κ1) is 11.0. The Morgan fingerprint density at radius 2 is 2.07 bits per heavy atom. The Labute approximate surface area is 96.6 Å². The molecule has 2 rings (SSSR count). The van der Waals surface area contributed by atoms with Crippen molar-refractivity contribution in [3.05, 3.63) is 34.9 Å². The van der Waals surface area contributed by atoms with Gasteiger partial charge in [-0.05, 0) is 48.9 Å². The average Bonchev–Trinajstić information content (AvgIpc) is 2.72. The number of halogens is 1. The van der Waals surface area contributed by atoms with Crippen molar-refractivity contribution in [2.45, 2.75) is 31.6 Å². The van der Waals surface area contributed by atoms with Crippen molar-refractivity contribution < 1.29 is 0 Å². The van der Waals surface area contributed by atoms with Crippen LogP contribution in [0.3, 0.4) is 0 Å². The van der Waals surface area contributed by atoms with Gasteiger partial charge in [-0.15, -0.1) is 0 Å². The van der Waals surface area contributed by atoms with Gasteiger partial charge in [0.05, 0.1) is 0 Å². The van der Waals surface area contributed by atoms with E-state index in [0.717, 1.165) is 17.5 Å². The third kappa shape index (κ3) is 2.53. The lowest BCUT2D eigenvalue weighted by Crippen LogP contribution is -2.19. The molecule has 0 radical (unpaired) electrons. The molecule has 0 heterocycles. The van der Waals surface area contributed by atoms with Crippen LogP contribution < -0.4 is 5.73 Å². The van der Waals surface area contributed by atoms with E-state index in [1.165, 1.54) is 31.2 Å². The molecule has 0 aromatic heterocycles. The van der Waals surface area contributed by atoms with Crippen molar-refractivity contribution in [1.29, 1.82) is 0 Å². The lowest BCUT2D eigenvalue weighted by Gasteiger charge is -2.22. The molecule has 1 aromatic rings. The van der Waals surface area contributed by atoms with E-state index in [9.17, 15) is 0 Å². The van der Waals surface area contributed by atoms with E-state index in [1.54, 1.807) is 0 Å². The lowest BCUT2D eigenvalue weighted by atomic mass is 9.85. The zero-order valence-electron chi connectivity index (χ0n) is 8.95. The average molecular weight is 224 g/mol. The molecule has 1 nitrogen and oxygen atoms in total. The normalized spacial score (nSPS) is 19.3. The van der Waals surface area contributed by atoms with Gasteiger partial charge in [-0.25, -0.2) is 0 Å². The second kappa shape index (κ2) is 5.00. The SMILES string of the molecule is NCC(c1cccc(Cl)c1)C1CCCC1. The maximum atomic E-state index is 6.01. The van der Waals surface area contributed by atoms with E-state index < -0.39 is 0 Å². The predicted molar refractivity (Wildman–Crippen MR) is 65.2 cm³/mol. The molecule has 0 amide bonds. The van der Waals surface area contributed by atoms with E-state index in [4.69, 9.17) is 17.3 Å². The van der Waals surface area contributed by atoms with Crippen LogP contribution in [-0.4, -0.2) is 6.54 Å². The van der Waals surface area contributed by atoms with Crippen molar-refractivity contribution in [3.63, 3.8) is 0 Å². The minimum absolute atomic E-state index is 0.506. The van der Waals surface area contributed by atoms with Crippen molar-refractivity contribution in [1.82, 2.24) is 0 Å². The molecule has 0 spiro atoms. The molecule has 1 atom stereocenters.